The van der Waals surface area contributed by atoms with E-state index in [0.717, 1.165) is 15.7 Å². The minimum absolute atomic E-state index is 0.682. The number of fused-ring (bicyclic) bond motifs is 1. The molecule has 106 valence electrons. The molecule has 0 N–H and O–H groups in total. The van der Waals surface area contributed by atoms with Crippen LogP contribution in [0.25, 0.3) is 10.8 Å². The van der Waals surface area contributed by atoms with Crippen LogP contribution in [-0.4, -0.2) is 0 Å². The summed E-state index contributed by atoms with van der Waals surface area (Å²) in [6.45, 7) is 0. The van der Waals surface area contributed by atoms with E-state index in [2.05, 4.69) is 30.3 Å². The molecule has 0 bridgehead atoms. The fourth-order valence-corrected chi connectivity index (χ4v) is 3.33. The predicted octanol–water partition coefficient (Wildman–Crippen LogP) is 6.82. The quantitative estimate of drug-likeness (QED) is 0.456. The summed E-state index contributed by atoms with van der Waals surface area (Å²) in [4.78, 5) is 2.37. The molecule has 0 heterocycles. The Kier molecular flexibility index (Phi) is 4.37. The Morgan fingerprint density at radius 1 is 0.667 bits per heavy atom. The van der Waals surface area contributed by atoms with Gasteiger partial charge in [0.1, 0.15) is 0 Å². The third-order valence-electron chi connectivity index (χ3n) is 3.12. The molecule has 0 aliphatic rings. The summed E-state index contributed by atoms with van der Waals surface area (Å²) in [7, 11) is 0. The van der Waals surface area contributed by atoms with Crippen LogP contribution < -0.4 is 0 Å². The molecule has 0 fully saturated rings. The predicted molar refractivity (Wildman–Crippen MR) is 93.8 cm³/mol. The highest BCUT2D eigenvalue weighted by Gasteiger charge is 2.22. The molecule has 0 saturated carbocycles. The monoisotopic (exact) mass is 352 g/mol. The highest BCUT2D eigenvalue weighted by molar-refractivity contribution is 7.99. The maximum absolute atomic E-state index is 5.95. The normalized spacial score (nSPS) is 11.8. The number of rotatable bonds is 2. The van der Waals surface area contributed by atoms with Crippen molar-refractivity contribution in [1.82, 2.24) is 0 Å². The van der Waals surface area contributed by atoms with E-state index in [9.17, 15) is 0 Å². The average molecular weight is 354 g/mol. The number of hydrogen-bond acceptors (Lipinski definition) is 1. The minimum Gasteiger partial charge on any atom is -0.0901 e. The van der Waals surface area contributed by atoms with E-state index in [0.29, 0.717) is 5.56 Å². The molecule has 4 heteroatoms. The van der Waals surface area contributed by atoms with Gasteiger partial charge in [0.05, 0.1) is 0 Å². The van der Waals surface area contributed by atoms with E-state index >= 15 is 0 Å². The molecular formula is C17H11Cl3S. The van der Waals surface area contributed by atoms with Gasteiger partial charge < -0.3 is 0 Å². The van der Waals surface area contributed by atoms with E-state index in [1.807, 2.05) is 36.4 Å². The molecule has 0 amide bonds. The summed E-state index contributed by atoms with van der Waals surface area (Å²) in [6, 6.07) is 22.3. The van der Waals surface area contributed by atoms with Crippen LogP contribution in [0.4, 0.5) is 0 Å². The smallest absolute Gasteiger partial charge is 0.0901 e. The molecule has 3 aromatic rings. The van der Waals surface area contributed by atoms with Crippen molar-refractivity contribution in [1.29, 1.82) is 0 Å². The van der Waals surface area contributed by atoms with E-state index in [-0.39, 0.29) is 0 Å². The van der Waals surface area contributed by atoms with Gasteiger partial charge in [-0.15, -0.1) is 0 Å². The molecule has 0 nitrogen and oxygen atoms in total. The van der Waals surface area contributed by atoms with Crippen LogP contribution in [0.15, 0.2) is 76.5 Å². The van der Waals surface area contributed by atoms with Crippen molar-refractivity contribution < 1.29 is 0 Å². The van der Waals surface area contributed by atoms with Gasteiger partial charge in [-0.2, -0.15) is 0 Å². The van der Waals surface area contributed by atoms with Gasteiger partial charge in [-0.25, -0.2) is 0 Å². The Bertz CT molecular complexity index is 764. The highest BCUT2D eigenvalue weighted by Crippen LogP contribution is 2.39. The van der Waals surface area contributed by atoms with Crippen LogP contribution in [0.2, 0.25) is 0 Å². The Morgan fingerprint density at radius 3 is 2.10 bits per heavy atom. The van der Waals surface area contributed by atoms with Crippen LogP contribution in [0, 0.1) is 0 Å². The zero-order chi connectivity index (χ0) is 14.9. The summed E-state index contributed by atoms with van der Waals surface area (Å²) in [5.74, 6) is 0. The van der Waals surface area contributed by atoms with Crippen LogP contribution in [0.5, 0.6) is 0 Å². The van der Waals surface area contributed by atoms with Gasteiger partial charge in [-0.3, -0.25) is 0 Å². The second-order valence-corrected chi connectivity index (χ2v) is 8.06. The molecule has 21 heavy (non-hydrogen) atoms. The van der Waals surface area contributed by atoms with Gasteiger partial charge >= 0.3 is 0 Å². The molecule has 0 radical (unpaired) electrons. The number of halogens is 3. The second kappa shape index (κ2) is 6.10. The summed E-state index contributed by atoms with van der Waals surface area (Å²) in [6.07, 6.45) is 0. The molecule has 0 aliphatic carbocycles. The van der Waals surface area contributed by atoms with Crippen molar-refractivity contribution in [2.75, 3.05) is 0 Å². The van der Waals surface area contributed by atoms with Crippen LogP contribution in [0.3, 0.4) is 0 Å². The summed E-state index contributed by atoms with van der Waals surface area (Å²) in [5, 5.41) is 2.20. The lowest BCUT2D eigenvalue weighted by atomic mass is 10.1. The van der Waals surface area contributed by atoms with Gasteiger partial charge in [-0.1, -0.05) is 83.0 Å². The Balaban J connectivity index is 1.98. The highest BCUT2D eigenvalue weighted by atomic mass is 35.6. The molecule has 0 atom stereocenters. The maximum Gasteiger partial charge on any atom is 0.216 e. The average Bonchev–Trinajstić information content (AvgIpc) is 2.46. The third-order valence-corrected chi connectivity index (χ3v) is 4.77. The van der Waals surface area contributed by atoms with Crippen molar-refractivity contribution in [2.24, 2.45) is 0 Å². The van der Waals surface area contributed by atoms with Crippen molar-refractivity contribution in [3.63, 3.8) is 0 Å². The molecule has 0 unspecified atom stereocenters. The second-order valence-electron chi connectivity index (χ2n) is 4.64. The SMILES string of the molecule is ClC(Cl)(Cl)c1ccc2ccc(Sc3ccccc3)cc2c1. The summed E-state index contributed by atoms with van der Waals surface area (Å²) in [5.41, 5.74) is 0.682. The lowest BCUT2D eigenvalue weighted by Gasteiger charge is -2.12. The van der Waals surface area contributed by atoms with Crippen molar-refractivity contribution >= 4 is 57.3 Å². The Morgan fingerprint density at radius 2 is 1.38 bits per heavy atom. The van der Waals surface area contributed by atoms with Crippen LogP contribution >= 0.6 is 46.6 Å². The van der Waals surface area contributed by atoms with Crippen molar-refractivity contribution in [2.45, 2.75) is 13.6 Å². The van der Waals surface area contributed by atoms with Gasteiger partial charge in [0.2, 0.25) is 3.79 Å². The number of hydrogen-bond donors (Lipinski definition) is 0. The standard InChI is InChI=1S/C17H11Cl3S/c18-17(19,20)14-8-6-12-7-9-16(11-13(12)10-14)21-15-4-2-1-3-5-15/h1-11H. The molecule has 0 aliphatic heterocycles. The van der Waals surface area contributed by atoms with E-state index in [1.165, 1.54) is 4.90 Å². The Hall–Kier alpha value is -0.860. The first-order valence-electron chi connectivity index (χ1n) is 6.36. The molecule has 0 spiro atoms. The summed E-state index contributed by atoms with van der Waals surface area (Å²) < 4.78 is -1.39. The third kappa shape index (κ3) is 3.67. The van der Waals surface area contributed by atoms with Crippen LogP contribution in [-0.2, 0) is 3.79 Å². The van der Waals surface area contributed by atoms with Crippen molar-refractivity contribution in [3.05, 3.63) is 72.3 Å². The Labute approximate surface area is 143 Å². The molecule has 3 aromatic carbocycles. The minimum atomic E-state index is -1.39. The molecular weight excluding hydrogens is 343 g/mol. The first kappa shape index (κ1) is 15.1. The van der Waals surface area contributed by atoms with Gasteiger partial charge in [0, 0.05) is 15.4 Å². The topological polar surface area (TPSA) is 0 Å². The molecule has 0 aromatic heterocycles. The van der Waals surface area contributed by atoms with E-state index in [1.54, 1.807) is 11.8 Å². The van der Waals surface area contributed by atoms with Gasteiger partial charge in [0.25, 0.3) is 0 Å². The van der Waals surface area contributed by atoms with E-state index < -0.39 is 3.79 Å². The first-order valence-corrected chi connectivity index (χ1v) is 8.31. The van der Waals surface area contributed by atoms with Gasteiger partial charge in [-0.05, 0) is 41.1 Å². The summed E-state index contributed by atoms with van der Waals surface area (Å²) >= 11 is 19.6. The van der Waals surface area contributed by atoms with Crippen molar-refractivity contribution in [3.8, 4) is 0 Å². The van der Waals surface area contributed by atoms with Crippen LogP contribution in [0.1, 0.15) is 5.56 Å². The zero-order valence-electron chi connectivity index (χ0n) is 10.9. The number of benzene rings is 3. The lowest BCUT2D eigenvalue weighted by molar-refractivity contribution is 1.25. The van der Waals surface area contributed by atoms with E-state index in [4.69, 9.17) is 34.8 Å². The molecule has 3 rings (SSSR count). The fraction of sp³-hybridized carbons (Fsp3) is 0.0588. The fourth-order valence-electron chi connectivity index (χ4n) is 2.09. The maximum atomic E-state index is 5.95. The first-order chi connectivity index (χ1) is 10.0. The lowest BCUT2D eigenvalue weighted by Crippen LogP contribution is -1.99. The largest absolute Gasteiger partial charge is 0.216 e. The zero-order valence-corrected chi connectivity index (χ0v) is 14.0. The molecule has 0 saturated heterocycles. The van der Waals surface area contributed by atoms with Gasteiger partial charge in [0.15, 0.2) is 0 Å². The number of alkyl halides is 3.